The van der Waals surface area contributed by atoms with Crippen molar-refractivity contribution in [2.24, 2.45) is 5.92 Å². The normalized spacial score (nSPS) is 19.6. The zero-order chi connectivity index (χ0) is 19.1. The minimum Gasteiger partial charge on any atom is -0.455 e. The predicted molar refractivity (Wildman–Crippen MR) is 98.0 cm³/mol. The molecule has 3 rings (SSSR count). The summed E-state index contributed by atoms with van der Waals surface area (Å²) in [6.07, 6.45) is 4.38. The molecular weight excluding hydrogens is 370 g/mol. The van der Waals surface area contributed by atoms with Crippen LogP contribution in [0.2, 0.25) is 0 Å². The molecule has 1 saturated carbocycles. The Kier molecular flexibility index (Phi) is 6.88. The molecule has 146 valence electrons. The molecule has 1 aliphatic carbocycles. The maximum absolute atomic E-state index is 12.4. The van der Waals surface area contributed by atoms with Gasteiger partial charge in [0.1, 0.15) is 12.1 Å². The third-order valence-corrected chi connectivity index (χ3v) is 5.37. The van der Waals surface area contributed by atoms with Gasteiger partial charge in [0.05, 0.1) is 12.4 Å². The van der Waals surface area contributed by atoms with E-state index in [2.05, 4.69) is 25.8 Å². The van der Waals surface area contributed by atoms with Gasteiger partial charge >= 0.3 is 0 Å². The Morgan fingerprint density at radius 2 is 2.11 bits per heavy atom. The molecule has 9 nitrogen and oxygen atoms in total. The SMILES string of the molecule is O=C(NC1CCC(C(=O)NCCO)CC1)c1ccc(CSc2ncn[nH]2)o1. The molecule has 0 spiro atoms. The van der Waals surface area contributed by atoms with Crippen molar-refractivity contribution >= 4 is 23.6 Å². The summed E-state index contributed by atoms with van der Waals surface area (Å²) in [5.74, 6) is 1.22. The van der Waals surface area contributed by atoms with Crippen LogP contribution in [0.3, 0.4) is 0 Å². The summed E-state index contributed by atoms with van der Waals surface area (Å²) in [5, 5.41) is 21.7. The van der Waals surface area contributed by atoms with Crippen molar-refractivity contribution in [3.05, 3.63) is 30.0 Å². The first-order valence-corrected chi connectivity index (χ1v) is 9.90. The molecule has 2 amide bonds. The number of nitrogens with one attached hydrogen (secondary N) is 3. The molecule has 0 unspecified atom stereocenters. The second kappa shape index (κ2) is 9.56. The average Bonchev–Trinajstić information content (AvgIpc) is 3.36. The van der Waals surface area contributed by atoms with Gasteiger partial charge in [-0.3, -0.25) is 14.7 Å². The van der Waals surface area contributed by atoms with Crippen LogP contribution < -0.4 is 10.6 Å². The number of aliphatic hydroxyl groups excluding tert-OH is 1. The number of thioether (sulfide) groups is 1. The third kappa shape index (κ3) is 5.57. The molecule has 2 aromatic rings. The van der Waals surface area contributed by atoms with Gasteiger partial charge in [-0.2, -0.15) is 5.10 Å². The number of hydrogen-bond donors (Lipinski definition) is 4. The van der Waals surface area contributed by atoms with Gasteiger partial charge in [0.25, 0.3) is 5.91 Å². The highest BCUT2D eigenvalue weighted by molar-refractivity contribution is 7.98. The van der Waals surface area contributed by atoms with Crippen molar-refractivity contribution in [3.8, 4) is 0 Å². The van der Waals surface area contributed by atoms with Gasteiger partial charge in [-0.15, -0.1) is 0 Å². The fraction of sp³-hybridized carbons (Fsp3) is 0.529. The molecule has 1 fully saturated rings. The molecule has 1 aliphatic rings. The number of amides is 2. The Labute approximate surface area is 160 Å². The second-order valence-electron chi connectivity index (χ2n) is 6.38. The molecule has 2 aromatic heterocycles. The Morgan fingerprint density at radius 3 is 2.81 bits per heavy atom. The van der Waals surface area contributed by atoms with Crippen molar-refractivity contribution < 1.29 is 19.1 Å². The van der Waals surface area contributed by atoms with Crippen molar-refractivity contribution in [1.82, 2.24) is 25.8 Å². The fourth-order valence-corrected chi connectivity index (χ4v) is 3.73. The molecule has 0 saturated heterocycles. The number of H-pyrrole nitrogens is 1. The number of carbonyl (C=O) groups excluding carboxylic acids is 2. The third-order valence-electron chi connectivity index (χ3n) is 4.47. The van der Waals surface area contributed by atoms with Gasteiger partial charge in [0, 0.05) is 18.5 Å². The lowest BCUT2D eigenvalue weighted by atomic mass is 9.85. The molecule has 10 heteroatoms. The van der Waals surface area contributed by atoms with Crippen LogP contribution >= 0.6 is 11.8 Å². The first kappa shape index (κ1) is 19.4. The molecule has 0 radical (unpaired) electrons. The Hall–Kier alpha value is -2.33. The maximum Gasteiger partial charge on any atom is 0.287 e. The highest BCUT2D eigenvalue weighted by Gasteiger charge is 2.27. The summed E-state index contributed by atoms with van der Waals surface area (Å²) in [7, 11) is 0. The molecule has 2 heterocycles. The largest absolute Gasteiger partial charge is 0.455 e. The Bertz CT molecular complexity index is 740. The highest BCUT2D eigenvalue weighted by Crippen LogP contribution is 2.25. The standard InChI is InChI=1S/C17H23N5O4S/c23-8-7-18-15(24)11-1-3-12(4-2-11)21-16(25)14-6-5-13(26-14)9-27-17-19-10-20-22-17/h5-6,10-12,23H,1-4,7-9H2,(H,18,24)(H,21,25)(H,19,20,22). The maximum atomic E-state index is 12.4. The van der Waals surface area contributed by atoms with Gasteiger partial charge in [0.2, 0.25) is 5.91 Å². The monoisotopic (exact) mass is 393 g/mol. The molecule has 0 aromatic carbocycles. The van der Waals surface area contributed by atoms with Gasteiger partial charge in [-0.25, -0.2) is 4.98 Å². The number of furan rings is 1. The van der Waals surface area contributed by atoms with Gasteiger partial charge in [0.15, 0.2) is 10.9 Å². The van der Waals surface area contributed by atoms with Crippen LogP contribution in [0.4, 0.5) is 0 Å². The summed E-state index contributed by atoms with van der Waals surface area (Å²) in [6.45, 7) is 0.226. The average molecular weight is 393 g/mol. The van der Waals surface area contributed by atoms with Crippen LogP contribution in [-0.2, 0) is 10.5 Å². The van der Waals surface area contributed by atoms with E-state index in [4.69, 9.17) is 9.52 Å². The molecule has 4 N–H and O–H groups in total. The minimum absolute atomic E-state index is 0.0197. The number of hydrogen-bond acceptors (Lipinski definition) is 7. The van der Waals surface area contributed by atoms with E-state index in [0.717, 1.165) is 25.7 Å². The van der Waals surface area contributed by atoms with Gasteiger partial charge < -0.3 is 20.2 Å². The van der Waals surface area contributed by atoms with E-state index < -0.39 is 0 Å². The Balaban J connectivity index is 1.42. The first-order valence-electron chi connectivity index (χ1n) is 8.92. The van der Waals surface area contributed by atoms with E-state index >= 15 is 0 Å². The molecule has 0 bridgehead atoms. The summed E-state index contributed by atoms with van der Waals surface area (Å²) >= 11 is 1.44. The second-order valence-corrected chi connectivity index (χ2v) is 7.35. The fourth-order valence-electron chi connectivity index (χ4n) is 3.06. The highest BCUT2D eigenvalue weighted by atomic mass is 32.2. The van der Waals surface area contributed by atoms with Crippen LogP contribution in [0.5, 0.6) is 0 Å². The van der Waals surface area contributed by atoms with Crippen LogP contribution in [0.15, 0.2) is 28.0 Å². The van der Waals surface area contributed by atoms with Gasteiger partial charge in [-0.05, 0) is 37.8 Å². The zero-order valence-corrected chi connectivity index (χ0v) is 15.6. The molecule has 0 aliphatic heterocycles. The first-order chi connectivity index (χ1) is 13.2. The van der Waals surface area contributed by atoms with E-state index in [9.17, 15) is 9.59 Å². The van der Waals surface area contributed by atoms with Crippen LogP contribution in [0.1, 0.15) is 42.0 Å². The quantitative estimate of drug-likeness (QED) is 0.493. The number of aliphatic hydroxyl groups is 1. The number of carbonyl (C=O) groups is 2. The summed E-state index contributed by atoms with van der Waals surface area (Å²) < 4.78 is 5.61. The molecule has 27 heavy (non-hydrogen) atoms. The Morgan fingerprint density at radius 1 is 1.30 bits per heavy atom. The summed E-state index contributed by atoms with van der Waals surface area (Å²) in [5.41, 5.74) is 0. The van der Waals surface area contributed by atoms with E-state index in [1.807, 2.05) is 0 Å². The number of aromatic nitrogens is 3. The lowest BCUT2D eigenvalue weighted by Gasteiger charge is -2.28. The predicted octanol–water partition coefficient (Wildman–Crippen LogP) is 1.09. The van der Waals surface area contributed by atoms with Crippen LogP contribution in [0, 0.1) is 5.92 Å². The lowest BCUT2D eigenvalue weighted by Crippen LogP contribution is -2.41. The molecule has 0 atom stereocenters. The smallest absolute Gasteiger partial charge is 0.287 e. The van der Waals surface area contributed by atoms with E-state index in [1.165, 1.54) is 18.1 Å². The van der Waals surface area contributed by atoms with E-state index in [-0.39, 0.29) is 42.7 Å². The zero-order valence-electron chi connectivity index (χ0n) is 14.8. The van der Waals surface area contributed by atoms with Crippen LogP contribution in [-0.4, -0.2) is 51.3 Å². The van der Waals surface area contributed by atoms with Crippen molar-refractivity contribution in [2.45, 2.75) is 42.6 Å². The minimum atomic E-state index is -0.237. The number of rotatable bonds is 8. The summed E-state index contributed by atoms with van der Waals surface area (Å²) in [4.78, 5) is 28.3. The van der Waals surface area contributed by atoms with E-state index in [1.54, 1.807) is 12.1 Å². The number of nitrogens with zero attached hydrogens (tertiary/aromatic N) is 2. The summed E-state index contributed by atoms with van der Waals surface area (Å²) in [6, 6.07) is 3.48. The van der Waals surface area contributed by atoms with Crippen molar-refractivity contribution in [2.75, 3.05) is 13.2 Å². The van der Waals surface area contributed by atoms with Crippen molar-refractivity contribution in [1.29, 1.82) is 0 Å². The van der Waals surface area contributed by atoms with Gasteiger partial charge in [-0.1, -0.05) is 11.8 Å². The number of aromatic amines is 1. The van der Waals surface area contributed by atoms with E-state index in [0.29, 0.717) is 16.7 Å². The van der Waals surface area contributed by atoms with Crippen LogP contribution in [0.25, 0.3) is 0 Å². The lowest BCUT2D eigenvalue weighted by molar-refractivity contribution is -0.126. The topological polar surface area (TPSA) is 133 Å². The van der Waals surface area contributed by atoms with Crippen molar-refractivity contribution in [3.63, 3.8) is 0 Å². The molecular formula is C17H23N5O4S.